The number of amides is 2. The number of carbonyl (C=O) groups is 2. The summed E-state index contributed by atoms with van der Waals surface area (Å²) in [6.07, 6.45) is 3.40. The molecular weight excluding hydrogens is 326 g/mol. The Morgan fingerprint density at radius 3 is 2.67 bits per heavy atom. The smallest absolute Gasteiger partial charge is 0.241 e. The lowest BCUT2D eigenvalue weighted by molar-refractivity contribution is -0.130. The lowest BCUT2D eigenvalue weighted by Gasteiger charge is -2.30. The first-order valence-corrected chi connectivity index (χ1v) is 8.98. The van der Waals surface area contributed by atoms with Crippen LogP contribution >= 0.6 is 11.6 Å². The second kappa shape index (κ2) is 8.92. The van der Waals surface area contributed by atoms with Gasteiger partial charge in [-0.3, -0.25) is 9.59 Å². The van der Waals surface area contributed by atoms with Gasteiger partial charge in [-0.15, -0.1) is 0 Å². The number of likely N-dealkylation sites (tertiary alicyclic amines) is 1. The number of anilines is 2. The van der Waals surface area contributed by atoms with Crippen LogP contribution in [0.15, 0.2) is 18.2 Å². The van der Waals surface area contributed by atoms with Crippen LogP contribution in [0, 0.1) is 5.92 Å². The molecule has 0 unspecified atom stereocenters. The Hall–Kier alpha value is -1.75. The molecule has 5 nitrogen and oxygen atoms in total. The van der Waals surface area contributed by atoms with Crippen LogP contribution in [0.5, 0.6) is 0 Å². The normalized spacial score (nSPS) is 15.2. The van der Waals surface area contributed by atoms with E-state index in [0.29, 0.717) is 28.7 Å². The Labute approximate surface area is 148 Å². The van der Waals surface area contributed by atoms with Crippen LogP contribution in [0.3, 0.4) is 0 Å². The molecule has 6 heteroatoms. The molecule has 0 radical (unpaired) electrons. The van der Waals surface area contributed by atoms with Crippen LogP contribution in [0.1, 0.15) is 39.5 Å². The predicted molar refractivity (Wildman–Crippen MR) is 98.5 cm³/mol. The quantitative estimate of drug-likeness (QED) is 0.820. The van der Waals surface area contributed by atoms with Gasteiger partial charge in [0.2, 0.25) is 11.8 Å². The molecule has 1 fully saturated rings. The van der Waals surface area contributed by atoms with Crippen molar-refractivity contribution >= 4 is 34.8 Å². The molecular formula is C18H26ClN3O2. The molecule has 0 saturated carbocycles. The predicted octanol–water partition coefficient (Wildman–Crippen LogP) is 3.75. The molecule has 1 heterocycles. The van der Waals surface area contributed by atoms with Gasteiger partial charge in [0, 0.05) is 25.2 Å². The Morgan fingerprint density at radius 2 is 2.00 bits per heavy atom. The zero-order valence-electron chi connectivity index (χ0n) is 14.4. The van der Waals surface area contributed by atoms with E-state index in [1.54, 1.807) is 18.2 Å². The van der Waals surface area contributed by atoms with E-state index in [1.165, 1.54) is 0 Å². The van der Waals surface area contributed by atoms with Crippen molar-refractivity contribution in [2.45, 2.75) is 39.5 Å². The number of nitrogens with zero attached hydrogens (tertiary/aromatic N) is 1. The summed E-state index contributed by atoms with van der Waals surface area (Å²) in [4.78, 5) is 25.9. The molecule has 1 aromatic rings. The van der Waals surface area contributed by atoms with Gasteiger partial charge in [0.1, 0.15) is 0 Å². The maximum absolute atomic E-state index is 12.3. The standard InChI is InChI=1S/C18H26ClN3O2/c1-3-4-17(23)21-14-5-6-15(19)16(11-14)20-12-18(24)22-9-7-13(2)8-10-22/h5-6,11,13,20H,3-4,7-10,12H2,1-2H3,(H,21,23). The average Bonchev–Trinajstić information content (AvgIpc) is 2.56. The maximum Gasteiger partial charge on any atom is 0.241 e. The fourth-order valence-corrected chi connectivity index (χ4v) is 2.91. The third-order valence-corrected chi connectivity index (χ3v) is 4.62. The monoisotopic (exact) mass is 351 g/mol. The number of rotatable bonds is 6. The van der Waals surface area contributed by atoms with Crippen LogP contribution < -0.4 is 10.6 Å². The molecule has 0 atom stereocenters. The van der Waals surface area contributed by atoms with E-state index in [4.69, 9.17) is 11.6 Å². The van der Waals surface area contributed by atoms with Crippen LogP contribution in [-0.4, -0.2) is 36.3 Å². The van der Waals surface area contributed by atoms with E-state index in [2.05, 4.69) is 17.6 Å². The molecule has 2 amide bonds. The first kappa shape index (κ1) is 18.6. The second-order valence-electron chi connectivity index (χ2n) is 6.41. The number of hydrogen-bond donors (Lipinski definition) is 2. The Kier molecular flexibility index (Phi) is 6.91. The van der Waals surface area contributed by atoms with Gasteiger partial charge in [0.05, 0.1) is 17.3 Å². The topological polar surface area (TPSA) is 61.4 Å². The molecule has 0 aliphatic carbocycles. The molecule has 1 aliphatic heterocycles. The average molecular weight is 352 g/mol. The van der Waals surface area contributed by atoms with E-state index < -0.39 is 0 Å². The maximum atomic E-state index is 12.3. The molecule has 2 N–H and O–H groups in total. The molecule has 0 aromatic heterocycles. The molecule has 2 rings (SSSR count). The Morgan fingerprint density at radius 1 is 1.29 bits per heavy atom. The van der Waals surface area contributed by atoms with Crippen molar-refractivity contribution in [3.63, 3.8) is 0 Å². The highest BCUT2D eigenvalue weighted by Crippen LogP contribution is 2.26. The largest absolute Gasteiger partial charge is 0.375 e. The third kappa shape index (κ3) is 5.41. The summed E-state index contributed by atoms with van der Waals surface area (Å²) in [5.41, 5.74) is 1.34. The summed E-state index contributed by atoms with van der Waals surface area (Å²) in [6, 6.07) is 5.24. The highest BCUT2D eigenvalue weighted by molar-refractivity contribution is 6.33. The Balaban J connectivity index is 1.91. The van der Waals surface area contributed by atoms with Crippen molar-refractivity contribution < 1.29 is 9.59 Å². The third-order valence-electron chi connectivity index (χ3n) is 4.29. The van der Waals surface area contributed by atoms with Crippen molar-refractivity contribution in [1.82, 2.24) is 4.90 Å². The molecule has 1 aliphatic rings. The first-order chi connectivity index (χ1) is 11.5. The lowest BCUT2D eigenvalue weighted by atomic mass is 9.99. The minimum atomic E-state index is -0.0238. The van der Waals surface area contributed by atoms with Gasteiger partial charge in [0.25, 0.3) is 0 Å². The van der Waals surface area contributed by atoms with Crippen molar-refractivity contribution in [3.05, 3.63) is 23.2 Å². The molecule has 132 valence electrons. The van der Waals surface area contributed by atoms with Gasteiger partial charge in [0.15, 0.2) is 0 Å². The fourth-order valence-electron chi connectivity index (χ4n) is 2.73. The number of hydrogen-bond acceptors (Lipinski definition) is 3. The van der Waals surface area contributed by atoms with E-state index in [-0.39, 0.29) is 18.4 Å². The molecule has 24 heavy (non-hydrogen) atoms. The van der Waals surface area contributed by atoms with Crippen molar-refractivity contribution in [1.29, 1.82) is 0 Å². The summed E-state index contributed by atoms with van der Waals surface area (Å²) in [7, 11) is 0. The number of halogens is 1. The van der Waals surface area contributed by atoms with Crippen LogP contribution in [0.4, 0.5) is 11.4 Å². The molecule has 0 spiro atoms. The van der Waals surface area contributed by atoms with E-state index in [9.17, 15) is 9.59 Å². The van der Waals surface area contributed by atoms with Crippen LogP contribution in [0.25, 0.3) is 0 Å². The van der Waals surface area contributed by atoms with Gasteiger partial charge < -0.3 is 15.5 Å². The van der Waals surface area contributed by atoms with Crippen LogP contribution in [0.2, 0.25) is 5.02 Å². The zero-order chi connectivity index (χ0) is 17.5. The molecule has 1 saturated heterocycles. The zero-order valence-corrected chi connectivity index (χ0v) is 15.2. The van der Waals surface area contributed by atoms with Gasteiger partial charge in [-0.25, -0.2) is 0 Å². The summed E-state index contributed by atoms with van der Waals surface area (Å²) in [6.45, 7) is 6.03. The first-order valence-electron chi connectivity index (χ1n) is 8.60. The number of carbonyl (C=O) groups excluding carboxylic acids is 2. The summed E-state index contributed by atoms with van der Waals surface area (Å²) in [5.74, 6) is 0.752. The summed E-state index contributed by atoms with van der Waals surface area (Å²) in [5, 5.41) is 6.46. The highest BCUT2D eigenvalue weighted by atomic mass is 35.5. The number of piperidine rings is 1. The van der Waals surface area contributed by atoms with E-state index >= 15 is 0 Å². The summed E-state index contributed by atoms with van der Waals surface area (Å²) >= 11 is 6.18. The van der Waals surface area contributed by atoms with Gasteiger partial charge in [-0.05, 0) is 43.4 Å². The minimum absolute atomic E-state index is 0.0238. The minimum Gasteiger partial charge on any atom is -0.375 e. The lowest BCUT2D eigenvalue weighted by Crippen LogP contribution is -2.40. The van der Waals surface area contributed by atoms with Crippen LogP contribution in [-0.2, 0) is 9.59 Å². The SMILES string of the molecule is CCCC(=O)Nc1ccc(Cl)c(NCC(=O)N2CCC(C)CC2)c1. The highest BCUT2D eigenvalue weighted by Gasteiger charge is 2.20. The Bertz CT molecular complexity index is 584. The van der Waals surface area contributed by atoms with Crippen molar-refractivity contribution in [2.75, 3.05) is 30.3 Å². The molecule has 0 bridgehead atoms. The van der Waals surface area contributed by atoms with Gasteiger partial charge in [-0.1, -0.05) is 25.4 Å². The van der Waals surface area contributed by atoms with E-state index in [1.807, 2.05) is 11.8 Å². The van der Waals surface area contributed by atoms with Crippen molar-refractivity contribution in [2.24, 2.45) is 5.92 Å². The summed E-state index contributed by atoms with van der Waals surface area (Å²) < 4.78 is 0. The number of nitrogens with one attached hydrogen (secondary N) is 2. The van der Waals surface area contributed by atoms with E-state index in [0.717, 1.165) is 32.4 Å². The van der Waals surface area contributed by atoms with Crippen molar-refractivity contribution in [3.8, 4) is 0 Å². The second-order valence-corrected chi connectivity index (χ2v) is 6.82. The van der Waals surface area contributed by atoms with Gasteiger partial charge >= 0.3 is 0 Å². The fraction of sp³-hybridized carbons (Fsp3) is 0.556. The molecule has 1 aromatic carbocycles. The number of benzene rings is 1. The van der Waals surface area contributed by atoms with Gasteiger partial charge in [-0.2, -0.15) is 0 Å².